The highest BCUT2D eigenvalue weighted by Gasteiger charge is 2.21. The Labute approximate surface area is 126 Å². The first kappa shape index (κ1) is 15.1. The summed E-state index contributed by atoms with van der Waals surface area (Å²) in [5.74, 6) is -0.291. The molecule has 21 heavy (non-hydrogen) atoms. The van der Waals surface area contributed by atoms with E-state index in [4.69, 9.17) is 4.74 Å². The molecule has 0 aliphatic carbocycles. The summed E-state index contributed by atoms with van der Waals surface area (Å²) in [6.07, 6.45) is 0.981. The molecule has 1 unspecified atom stereocenters. The predicted molar refractivity (Wildman–Crippen MR) is 85.4 cm³/mol. The van der Waals surface area contributed by atoms with Gasteiger partial charge in [0.05, 0.1) is 7.11 Å². The molecule has 0 heterocycles. The summed E-state index contributed by atoms with van der Waals surface area (Å²) in [7, 11) is 1.41. The molecule has 3 heteroatoms. The highest BCUT2D eigenvalue weighted by atomic mass is 16.5. The third-order valence-corrected chi connectivity index (χ3v) is 3.49. The highest BCUT2D eigenvalue weighted by molar-refractivity contribution is 5.81. The van der Waals surface area contributed by atoms with Gasteiger partial charge in [-0.15, -0.1) is 0 Å². The van der Waals surface area contributed by atoms with Crippen molar-refractivity contribution in [2.45, 2.75) is 26.3 Å². The third kappa shape index (κ3) is 3.85. The van der Waals surface area contributed by atoms with E-state index in [1.54, 1.807) is 0 Å². The normalized spacial score (nSPS) is 11.8. The number of carbonyl (C=O) groups is 1. The number of carbonyl (C=O) groups excluding carboxylic acids is 1. The minimum Gasteiger partial charge on any atom is -0.467 e. The standard InChI is InChI=1S/C18H21NO2/c1-4-14-8-10-15(11-9-14)17(18(20)21-3)19-16-7-5-6-13(2)12-16/h5-12,17,19H,4H2,1-3H3. The number of benzene rings is 2. The van der Waals surface area contributed by atoms with E-state index in [0.29, 0.717) is 0 Å². The number of hydrogen-bond acceptors (Lipinski definition) is 3. The molecule has 0 aliphatic rings. The van der Waals surface area contributed by atoms with Crippen molar-refractivity contribution in [1.29, 1.82) is 0 Å². The molecule has 1 atom stereocenters. The highest BCUT2D eigenvalue weighted by Crippen LogP contribution is 2.22. The van der Waals surface area contributed by atoms with Gasteiger partial charge in [0.1, 0.15) is 0 Å². The number of ether oxygens (including phenoxy) is 1. The molecule has 0 amide bonds. The quantitative estimate of drug-likeness (QED) is 0.846. The van der Waals surface area contributed by atoms with E-state index in [1.807, 2.05) is 55.5 Å². The molecule has 2 aromatic carbocycles. The number of esters is 1. The molecule has 0 bridgehead atoms. The van der Waals surface area contributed by atoms with Crippen LogP contribution in [0.15, 0.2) is 48.5 Å². The first-order valence-electron chi connectivity index (χ1n) is 7.14. The van der Waals surface area contributed by atoms with Gasteiger partial charge in [-0.3, -0.25) is 0 Å². The van der Waals surface area contributed by atoms with E-state index >= 15 is 0 Å². The van der Waals surface area contributed by atoms with E-state index in [-0.39, 0.29) is 5.97 Å². The number of nitrogens with one attached hydrogen (secondary N) is 1. The van der Waals surface area contributed by atoms with Crippen LogP contribution < -0.4 is 5.32 Å². The molecular formula is C18H21NO2. The molecule has 1 N–H and O–H groups in total. The number of anilines is 1. The van der Waals surface area contributed by atoms with Crippen LogP contribution in [-0.4, -0.2) is 13.1 Å². The van der Waals surface area contributed by atoms with Crippen LogP contribution in [-0.2, 0) is 16.0 Å². The Morgan fingerprint density at radius 3 is 2.48 bits per heavy atom. The van der Waals surface area contributed by atoms with Crippen LogP contribution in [0.3, 0.4) is 0 Å². The summed E-state index contributed by atoms with van der Waals surface area (Å²) in [6, 6.07) is 15.5. The average Bonchev–Trinajstić information content (AvgIpc) is 2.52. The van der Waals surface area contributed by atoms with Gasteiger partial charge in [-0.05, 0) is 42.2 Å². The van der Waals surface area contributed by atoms with Crippen molar-refractivity contribution in [2.24, 2.45) is 0 Å². The van der Waals surface area contributed by atoms with Gasteiger partial charge in [0, 0.05) is 5.69 Å². The molecule has 0 saturated carbocycles. The van der Waals surface area contributed by atoms with Crippen molar-refractivity contribution >= 4 is 11.7 Å². The second kappa shape index (κ2) is 6.93. The van der Waals surface area contributed by atoms with E-state index in [9.17, 15) is 4.79 Å². The van der Waals surface area contributed by atoms with Gasteiger partial charge >= 0.3 is 5.97 Å². The summed E-state index contributed by atoms with van der Waals surface area (Å²) in [4.78, 5) is 12.1. The van der Waals surface area contributed by atoms with Crippen LogP contribution in [0, 0.1) is 6.92 Å². The van der Waals surface area contributed by atoms with Gasteiger partial charge in [0.2, 0.25) is 0 Å². The molecule has 0 spiro atoms. The molecule has 110 valence electrons. The maximum atomic E-state index is 12.1. The van der Waals surface area contributed by atoms with Crippen molar-refractivity contribution in [3.63, 3.8) is 0 Å². The Bertz CT molecular complexity index is 605. The lowest BCUT2D eigenvalue weighted by molar-refractivity contribution is -0.141. The summed E-state index contributed by atoms with van der Waals surface area (Å²) in [5.41, 5.74) is 4.20. The molecule has 3 nitrogen and oxygen atoms in total. The Kier molecular flexibility index (Phi) is 4.99. The summed E-state index contributed by atoms with van der Waals surface area (Å²) < 4.78 is 4.92. The van der Waals surface area contributed by atoms with Crippen LogP contribution in [0.5, 0.6) is 0 Å². The number of rotatable bonds is 5. The first-order valence-corrected chi connectivity index (χ1v) is 7.14. The zero-order valence-electron chi connectivity index (χ0n) is 12.7. The fourth-order valence-electron chi connectivity index (χ4n) is 2.24. The van der Waals surface area contributed by atoms with E-state index in [0.717, 1.165) is 23.2 Å². The maximum Gasteiger partial charge on any atom is 0.332 e. The Morgan fingerprint density at radius 2 is 1.90 bits per heavy atom. The molecule has 0 aliphatic heterocycles. The Balaban J connectivity index is 2.27. The lowest BCUT2D eigenvalue weighted by Gasteiger charge is -2.18. The van der Waals surface area contributed by atoms with Gasteiger partial charge in [-0.1, -0.05) is 43.3 Å². The Hall–Kier alpha value is -2.29. The SMILES string of the molecule is CCc1ccc(C(Nc2cccc(C)c2)C(=O)OC)cc1. The summed E-state index contributed by atoms with van der Waals surface area (Å²) >= 11 is 0. The smallest absolute Gasteiger partial charge is 0.332 e. The number of hydrogen-bond donors (Lipinski definition) is 1. The number of methoxy groups -OCH3 is 1. The van der Waals surface area contributed by atoms with Crippen molar-refractivity contribution in [2.75, 3.05) is 12.4 Å². The topological polar surface area (TPSA) is 38.3 Å². The number of aryl methyl sites for hydroxylation is 2. The summed E-state index contributed by atoms with van der Waals surface area (Å²) in [5, 5.41) is 3.25. The molecule has 2 rings (SSSR count). The lowest BCUT2D eigenvalue weighted by Crippen LogP contribution is -2.22. The second-order valence-corrected chi connectivity index (χ2v) is 5.07. The minimum absolute atomic E-state index is 0.291. The largest absolute Gasteiger partial charge is 0.467 e. The minimum atomic E-state index is -0.497. The molecule has 0 radical (unpaired) electrons. The van der Waals surface area contributed by atoms with Crippen LogP contribution >= 0.6 is 0 Å². The van der Waals surface area contributed by atoms with Gasteiger partial charge in [0.15, 0.2) is 6.04 Å². The van der Waals surface area contributed by atoms with Crippen LogP contribution in [0.1, 0.15) is 29.7 Å². The van der Waals surface area contributed by atoms with Gasteiger partial charge in [0.25, 0.3) is 0 Å². The maximum absolute atomic E-state index is 12.1. The molecule has 2 aromatic rings. The fourth-order valence-corrected chi connectivity index (χ4v) is 2.24. The van der Waals surface area contributed by atoms with Crippen molar-refractivity contribution < 1.29 is 9.53 Å². The van der Waals surface area contributed by atoms with Crippen molar-refractivity contribution in [1.82, 2.24) is 0 Å². The van der Waals surface area contributed by atoms with E-state index in [2.05, 4.69) is 12.2 Å². The van der Waals surface area contributed by atoms with Crippen LogP contribution in [0.4, 0.5) is 5.69 Å². The van der Waals surface area contributed by atoms with E-state index < -0.39 is 6.04 Å². The molecule has 0 aromatic heterocycles. The van der Waals surface area contributed by atoms with Crippen LogP contribution in [0.2, 0.25) is 0 Å². The molecule has 0 saturated heterocycles. The molecule has 0 fully saturated rings. The van der Waals surface area contributed by atoms with Crippen molar-refractivity contribution in [3.05, 3.63) is 65.2 Å². The second-order valence-electron chi connectivity index (χ2n) is 5.07. The average molecular weight is 283 g/mol. The monoisotopic (exact) mass is 283 g/mol. The van der Waals surface area contributed by atoms with E-state index in [1.165, 1.54) is 12.7 Å². The van der Waals surface area contributed by atoms with Gasteiger partial charge in [-0.25, -0.2) is 4.79 Å². The summed E-state index contributed by atoms with van der Waals surface area (Å²) in [6.45, 7) is 4.13. The Morgan fingerprint density at radius 1 is 1.19 bits per heavy atom. The zero-order valence-corrected chi connectivity index (χ0v) is 12.7. The first-order chi connectivity index (χ1) is 10.1. The predicted octanol–water partition coefficient (Wildman–Crippen LogP) is 3.88. The molecular weight excluding hydrogens is 262 g/mol. The van der Waals surface area contributed by atoms with Gasteiger partial charge in [-0.2, -0.15) is 0 Å². The lowest BCUT2D eigenvalue weighted by atomic mass is 10.0. The van der Waals surface area contributed by atoms with Crippen molar-refractivity contribution in [3.8, 4) is 0 Å². The zero-order chi connectivity index (χ0) is 15.2. The fraction of sp³-hybridized carbons (Fsp3) is 0.278. The van der Waals surface area contributed by atoms with Gasteiger partial charge < -0.3 is 10.1 Å². The third-order valence-electron chi connectivity index (χ3n) is 3.49. The van der Waals surface area contributed by atoms with Crippen LogP contribution in [0.25, 0.3) is 0 Å².